The molecule has 8 heteroatoms. The molecule has 176 valence electrons. The molecule has 1 saturated heterocycles. The van der Waals surface area contributed by atoms with Gasteiger partial charge in [-0.05, 0) is 43.2 Å². The average molecular weight is 453 g/mol. The van der Waals surface area contributed by atoms with E-state index in [2.05, 4.69) is 5.32 Å². The van der Waals surface area contributed by atoms with Crippen molar-refractivity contribution in [1.29, 1.82) is 0 Å². The lowest BCUT2D eigenvalue weighted by Gasteiger charge is -2.35. The number of hydrogen-bond donors (Lipinski definition) is 1. The second-order valence-electron chi connectivity index (χ2n) is 9.77. The summed E-state index contributed by atoms with van der Waals surface area (Å²) in [6.07, 6.45) is 7.20. The van der Waals surface area contributed by atoms with Crippen molar-refractivity contribution in [3.05, 3.63) is 35.4 Å². The van der Waals surface area contributed by atoms with Gasteiger partial charge in [-0.25, -0.2) is 0 Å². The Morgan fingerprint density at radius 1 is 0.879 bits per heavy atom. The van der Waals surface area contributed by atoms with Crippen LogP contribution in [0.4, 0.5) is 0 Å². The molecular formula is C25H32N4O4. The predicted octanol–water partition coefficient (Wildman–Crippen LogP) is 1.71. The van der Waals surface area contributed by atoms with Crippen molar-refractivity contribution in [2.75, 3.05) is 32.7 Å². The highest BCUT2D eigenvalue weighted by molar-refractivity contribution is 6.05. The molecule has 0 spiro atoms. The summed E-state index contributed by atoms with van der Waals surface area (Å²) in [5.41, 5.74) is 1.29. The van der Waals surface area contributed by atoms with Crippen LogP contribution in [0.5, 0.6) is 0 Å². The SMILES string of the molecule is O=C(NCC(=O)N1CCN(C(=O)CC2CCCC2)CC1)C1c2ccccc2C(=O)N1C1CC1. The van der Waals surface area contributed by atoms with Crippen molar-refractivity contribution in [1.82, 2.24) is 20.0 Å². The molecule has 8 nitrogen and oxygen atoms in total. The zero-order valence-electron chi connectivity index (χ0n) is 19.0. The quantitative estimate of drug-likeness (QED) is 0.712. The van der Waals surface area contributed by atoms with E-state index in [0.717, 1.165) is 25.7 Å². The van der Waals surface area contributed by atoms with Crippen LogP contribution >= 0.6 is 0 Å². The van der Waals surface area contributed by atoms with Gasteiger partial charge in [0.1, 0.15) is 6.04 Å². The molecule has 2 aliphatic heterocycles. The van der Waals surface area contributed by atoms with Gasteiger partial charge in [-0.3, -0.25) is 19.2 Å². The average Bonchev–Trinajstić information content (AvgIpc) is 3.46. The molecule has 4 amide bonds. The summed E-state index contributed by atoms with van der Waals surface area (Å²) in [7, 11) is 0. The lowest BCUT2D eigenvalue weighted by molar-refractivity contribution is -0.140. The summed E-state index contributed by atoms with van der Waals surface area (Å²) >= 11 is 0. The van der Waals surface area contributed by atoms with Gasteiger partial charge in [0.25, 0.3) is 5.91 Å². The van der Waals surface area contributed by atoms with Crippen molar-refractivity contribution < 1.29 is 19.2 Å². The summed E-state index contributed by atoms with van der Waals surface area (Å²) in [4.78, 5) is 56.4. The molecule has 0 radical (unpaired) electrons. The second-order valence-corrected chi connectivity index (χ2v) is 9.77. The number of nitrogens with one attached hydrogen (secondary N) is 1. The molecule has 0 bridgehead atoms. The fourth-order valence-corrected chi connectivity index (χ4v) is 5.50. The Kier molecular flexibility index (Phi) is 6.08. The number of carbonyl (C=O) groups excluding carboxylic acids is 4. The molecule has 1 unspecified atom stereocenters. The molecule has 1 atom stereocenters. The lowest BCUT2D eigenvalue weighted by atomic mass is 10.0. The number of fused-ring (bicyclic) bond motifs is 1. The topological polar surface area (TPSA) is 90.0 Å². The zero-order valence-corrected chi connectivity index (χ0v) is 19.0. The number of amides is 4. The Balaban J connectivity index is 1.13. The summed E-state index contributed by atoms with van der Waals surface area (Å²) in [5, 5.41) is 2.77. The Morgan fingerprint density at radius 2 is 1.52 bits per heavy atom. The first kappa shape index (κ1) is 21.9. The smallest absolute Gasteiger partial charge is 0.255 e. The van der Waals surface area contributed by atoms with E-state index in [4.69, 9.17) is 0 Å². The largest absolute Gasteiger partial charge is 0.345 e. The van der Waals surface area contributed by atoms with Crippen LogP contribution in [0.15, 0.2) is 24.3 Å². The van der Waals surface area contributed by atoms with Gasteiger partial charge in [-0.1, -0.05) is 31.0 Å². The molecule has 1 N–H and O–H groups in total. The van der Waals surface area contributed by atoms with Gasteiger partial charge in [0.15, 0.2) is 0 Å². The number of nitrogens with zero attached hydrogens (tertiary/aromatic N) is 3. The summed E-state index contributed by atoms with van der Waals surface area (Å²) in [5.74, 6) is 0.168. The van der Waals surface area contributed by atoms with Crippen molar-refractivity contribution in [3.63, 3.8) is 0 Å². The molecule has 1 aromatic carbocycles. The zero-order chi connectivity index (χ0) is 22.9. The molecule has 2 heterocycles. The van der Waals surface area contributed by atoms with Crippen LogP contribution in [0.1, 0.15) is 66.9 Å². The number of hydrogen-bond acceptors (Lipinski definition) is 4. The van der Waals surface area contributed by atoms with Crippen LogP contribution in [-0.2, 0) is 14.4 Å². The van der Waals surface area contributed by atoms with E-state index in [-0.39, 0.29) is 36.2 Å². The van der Waals surface area contributed by atoms with Crippen molar-refractivity contribution >= 4 is 23.6 Å². The van der Waals surface area contributed by atoms with Gasteiger partial charge in [0, 0.05) is 44.2 Å². The van der Waals surface area contributed by atoms with Crippen molar-refractivity contribution in [2.24, 2.45) is 5.92 Å². The van der Waals surface area contributed by atoms with E-state index < -0.39 is 6.04 Å². The first-order valence-corrected chi connectivity index (χ1v) is 12.3. The number of benzene rings is 1. The fraction of sp³-hybridized carbons (Fsp3) is 0.600. The third-order valence-electron chi connectivity index (χ3n) is 7.52. The normalized spacial score (nSPS) is 23.1. The maximum Gasteiger partial charge on any atom is 0.255 e. The Labute approximate surface area is 194 Å². The monoisotopic (exact) mass is 452 g/mol. The standard InChI is InChI=1S/C25H32N4O4/c30-21(15-17-5-1-2-6-17)27-11-13-28(14-12-27)22(31)16-26-24(32)23-19-7-3-4-8-20(19)25(33)29(23)18-9-10-18/h3-4,7-8,17-18,23H,1-2,5-6,9-16H2,(H,26,32). The molecule has 33 heavy (non-hydrogen) atoms. The number of carbonyl (C=O) groups is 4. The Bertz CT molecular complexity index is 945. The van der Waals surface area contributed by atoms with Gasteiger partial charge in [0.2, 0.25) is 17.7 Å². The number of rotatable bonds is 6. The van der Waals surface area contributed by atoms with E-state index in [9.17, 15) is 19.2 Å². The Morgan fingerprint density at radius 3 is 2.18 bits per heavy atom. The van der Waals surface area contributed by atoms with Crippen LogP contribution in [-0.4, -0.2) is 77.1 Å². The first-order chi connectivity index (χ1) is 16.0. The summed E-state index contributed by atoms with van der Waals surface area (Å²) in [6.45, 7) is 1.98. The van der Waals surface area contributed by atoms with Crippen molar-refractivity contribution in [2.45, 2.75) is 57.0 Å². The van der Waals surface area contributed by atoms with Gasteiger partial charge in [-0.15, -0.1) is 0 Å². The third kappa shape index (κ3) is 4.48. The van der Waals surface area contributed by atoms with Gasteiger partial charge in [0.05, 0.1) is 6.54 Å². The minimum atomic E-state index is -0.668. The molecule has 0 aromatic heterocycles. The lowest BCUT2D eigenvalue weighted by Crippen LogP contribution is -2.53. The minimum Gasteiger partial charge on any atom is -0.345 e. The maximum absolute atomic E-state index is 13.1. The van der Waals surface area contributed by atoms with E-state index in [1.807, 2.05) is 23.1 Å². The highest BCUT2D eigenvalue weighted by Gasteiger charge is 2.47. The van der Waals surface area contributed by atoms with Gasteiger partial charge in [-0.2, -0.15) is 0 Å². The summed E-state index contributed by atoms with van der Waals surface area (Å²) in [6, 6.07) is 6.67. The first-order valence-electron chi connectivity index (χ1n) is 12.3. The highest BCUT2D eigenvalue weighted by atomic mass is 16.2. The molecule has 3 fully saturated rings. The maximum atomic E-state index is 13.1. The van der Waals surface area contributed by atoms with E-state index >= 15 is 0 Å². The molecule has 2 saturated carbocycles. The van der Waals surface area contributed by atoms with Crippen LogP contribution < -0.4 is 5.32 Å². The summed E-state index contributed by atoms with van der Waals surface area (Å²) < 4.78 is 0. The highest BCUT2D eigenvalue weighted by Crippen LogP contribution is 2.41. The molecule has 5 rings (SSSR count). The second kappa shape index (κ2) is 9.15. The van der Waals surface area contributed by atoms with E-state index in [1.165, 1.54) is 12.8 Å². The van der Waals surface area contributed by atoms with E-state index in [0.29, 0.717) is 49.6 Å². The van der Waals surface area contributed by atoms with Crippen LogP contribution in [0, 0.1) is 5.92 Å². The fourth-order valence-electron chi connectivity index (χ4n) is 5.50. The minimum absolute atomic E-state index is 0.0970. The molecule has 2 aliphatic carbocycles. The van der Waals surface area contributed by atoms with Crippen LogP contribution in [0.3, 0.4) is 0 Å². The van der Waals surface area contributed by atoms with Gasteiger partial charge >= 0.3 is 0 Å². The Hall–Kier alpha value is -2.90. The van der Waals surface area contributed by atoms with E-state index in [1.54, 1.807) is 15.9 Å². The van der Waals surface area contributed by atoms with Crippen LogP contribution in [0.2, 0.25) is 0 Å². The third-order valence-corrected chi connectivity index (χ3v) is 7.52. The molecule has 1 aromatic rings. The molecule has 4 aliphatic rings. The van der Waals surface area contributed by atoms with Crippen molar-refractivity contribution in [3.8, 4) is 0 Å². The van der Waals surface area contributed by atoms with Crippen LogP contribution in [0.25, 0.3) is 0 Å². The molecular weight excluding hydrogens is 420 g/mol. The number of piperazine rings is 1. The predicted molar refractivity (Wildman–Crippen MR) is 121 cm³/mol. The van der Waals surface area contributed by atoms with Gasteiger partial charge < -0.3 is 20.0 Å².